The van der Waals surface area contributed by atoms with Crippen molar-refractivity contribution >= 4 is 48.2 Å². The summed E-state index contributed by atoms with van der Waals surface area (Å²) in [5, 5.41) is 13.6. The van der Waals surface area contributed by atoms with Gasteiger partial charge in [-0.1, -0.05) is 29.8 Å². The van der Waals surface area contributed by atoms with Crippen LogP contribution in [0.2, 0.25) is 5.02 Å². The molecule has 0 spiro atoms. The second kappa shape index (κ2) is 8.12. The molecule has 3 N–H and O–H groups in total. The van der Waals surface area contributed by atoms with Gasteiger partial charge in [0.05, 0.1) is 5.69 Å². The molecule has 4 rings (SSSR count). The fraction of sp³-hybridized carbons (Fsp3) is 0.263. The molecule has 10 heteroatoms. The summed E-state index contributed by atoms with van der Waals surface area (Å²) in [5.74, 6) is 0.397. The van der Waals surface area contributed by atoms with Gasteiger partial charge in [-0.2, -0.15) is 9.61 Å². The molecule has 0 saturated carbocycles. The molecule has 1 aliphatic rings. The van der Waals surface area contributed by atoms with Gasteiger partial charge in [0.25, 0.3) is 0 Å². The first-order valence-electron chi connectivity index (χ1n) is 9.23. The number of hydrogen-bond donors (Lipinski definition) is 3. The number of rotatable bonds is 6. The van der Waals surface area contributed by atoms with Gasteiger partial charge < -0.3 is 16.0 Å². The maximum atomic E-state index is 12.1. The molecule has 3 aromatic rings. The summed E-state index contributed by atoms with van der Waals surface area (Å²) in [6.07, 6.45) is 2.45. The normalized spacial score (nSPS) is 16.0. The molecule has 0 bridgehead atoms. The van der Waals surface area contributed by atoms with E-state index < -0.39 is 6.04 Å². The predicted octanol–water partition coefficient (Wildman–Crippen LogP) is 0.650. The Morgan fingerprint density at radius 2 is 2.17 bits per heavy atom. The molecule has 3 heterocycles. The Bertz CT molecular complexity index is 1090. The summed E-state index contributed by atoms with van der Waals surface area (Å²) in [4.78, 5) is 27.9. The predicted molar refractivity (Wildman–Crippen MR) is 111 cm³/mol. The van der Waals surface area contributed by atoms with Gasteiger partial charge in [-0.05, 0) is 17.9 Å². The maximum Gasteiger partial charge on any atom is 0.242 e. The smallest absolute Gasteiger partial charge is 0.242 e. The third kappa shape index (κ3) is 4.05. The molecule has 0 aliphatic carbocycles. The minimum Gasteiger partial charge on any atom is -0.368 e. The summed E-state index contributed by atoms with van der Waals surface area (Å²) in [6, 6.07) is 8.80. The van der Waals surface area contributed by atoms with Crippen LogP contribution < -0.4 is 21.4 Å². The van der Waals surface area contributed by atoms with E-state index in [1.54, 1.807) is 10.6 Å². The molecule has 146 valence electrons. The van der Waals surface area contributed by atoms with Gasteiger partial charge in [-0.15, -0.1) is 0 Å². The standard InChI is InChI=1S/C19H18BClN6O2/c20-12-10-24-27-16(22-7-8-23-19(29)14-5-6-17(28)25-14)9-15(26-18(12)27)11-3-1-2-4-13(11)21/h1-4,9-10,14,22H,5-8H2,(H,23,29)(H,25,28). The molecular weight excluding hydrogens is 391 g/mol. The molecule has 29 heavy (non-hydrogen) atoms. The van der Waals surface area contributed by atoms with E-state index in [0.717, 1.165) is 5.56 Å². The number of anilines is 1. The Morgan fingerprint density at radius 1 is 1.34 bits per heavy atom. The van der Waals surface area contributed by atoms with Crippen molar-refractivity contribution in [3.63, 3.8) is 0 Å². The van der Waals surface area contributed by atoms with Crippen LogP contribution in [0.1, 0.15) is 12.8 Å². The first-order valence-corrected chi connectivity index (χ1v) is 9.61. The number of nitrogens with one attached hydrogen (secondary N) is 3. The number of fused-ring (bicyclic) bond motifs is 1. The minimum absolute atomic E-state index is 0.0918. The van der Waals surface area contributed by atoms with Crippen molar-refractivity contribution in [1.82, 2.24) is 25.2 Å². The third-order valence-corrected chi connectivity index (χ3v) is 5.02. The number of amides is 2. The van der Waals surface area contributed by atoms with Crippen LogP contribution in [-0.2, 0) is 9.59 Å². The lowest BCUT2D eigenvalue weighted by Crippen LogP contribution is -2.43. The summed E-state index contributed by atoms with van der Waals surface area (Å²) in [5.41, 5.74) is 2.41. The molecule has 1 unspecified atom stereocenters. The van der Waals surface area contributed by atoms with E-state index in [1.807, 2.05) is 24.3 Å². The van der Waals surface area contributed by atoms with Crippen LogP contribution in [-0.4, -0.2) is 53.4 Å². The Balaban J connectivity index is 1.49. The Hall–Kier alpha value is -3.07. The van der Waals surface area contributed by atoms with Crippen LogP contribution in [0.3, 0.4) is 0 Å². The maximum absolute atomic E-state index is 12.1. The van der Waals surface area contributed by atoms with Crippen LogP contribution in [0.4, 0.5) is 5.82 Å². The van der Waals surface area contributed by atoms with E-state index in [-0.39, 0.29) is 11.8 Å². The zero-order valence-corrected chi connectivity index (χ0v) is 16.2. The molecule has 1 aliphatic heterocycles. The zero-order valence-electron chi connectivity index (χ0n) is 15.5. The summed E-state index contributed by atoms with van der Waals surface area (Å²) < 4.78 is 1.61. The number of nitrogens with zero attached hydrogens (tertiary/aromatic N) is 3. The summed E-state index contributed by atoms with van der Waals surface area (Å²) in [7, 11) is 6.01. The Kier molecular flexibility index (Phi) is 5.39. The van der Waals surface area contributed by atoms with Crippen LogP contribution in [0, 0.1) is 0 Å². The highest BCUT2D eigenvalue weighted by Crippen LogP contribution is 2.28. The van der Waals surface area contributed by atoms with Gasteiger partial charge in [-0.3, -0.25) is 9.59 Å². The fourth-order valence-corrected chi connectivity index (χ4v) is 3.46. The largest absolute Gasteiger partial charge is 0.368 e. The first kappa shape index (κ1) is 19.3. The van der Waals surface area contributed by atoms with Gasteiger partial charge in [0.2, 0.25) is 11.8 Å². The van der Waals surface area contributed by atoms with Crippen LogP contribution in [0.25, 0.3) is 16.9 Å². The van der Waals surface area contributed by atoms with E-state index in [0.29, 0.717) is 53.6 Å². The second-order valence-electron chi connectivity index (χ2n) is 6.72. The van der Waals surface area contributed by atoms with Crippen molar-refractivity contribution in [2.45, 2.75) is 18.9 Å². The SMILES string of the molecule is [B]c1cnn2c(NCCNC(=O)C3CCC(=O)N3)cc(-c3ccccc3Cl)nc12. The van der Waals surface area contributed by atoms with Crippen LogP contribution in [0.5, 0.6) is 0 Å². The van der Waals surface area contributed by atoms with Crippen molar-refractivity contribution < 1.29 is 9.59 Å². The van der Waals surface area contributed by atoms with Crippen LogP contribution in [0.15, 0.2) is 36.5 Å². The molecule has 8 nitrogen and oxygen atoms in total. The number of halogens is 1. The van der Waals surface area contributed by atoms with Gasteiger partial charge in [-0.25, -0.2) is 4.98 Å². The highest BCUT2D eigenvalue weighted by molar-refractivity contribution is 6.36. The Morgan fingerprint density at radius 3 is 2.93 bits per heavy atom. The topological polar surface area (TPSA) is 100 Å². The zero-order chi connectivity index (χ0) is 20.4. The highest BCUT2D eigenvalue weighted by Gasteiger charge is 2.26. The van der Waals surface area contributed by atoms with Crippen molar-refractivity contribution in [2.24, 2.45) is 0 Å². The molecule has 2 radical (unpaired) electrons. The van der Waals surface area contributed by atoms with Gasteiger partial charge in [0.1, 0.15) is 19.7 Å². The molecule has 1 saturated heterocycles. The van der Waals surface area contributed by atoms with Gasteiger partial charge in [0.15, 0.2) is 5.65 Å². The molecule has 2 amide bonds. The van der Waals surface area contributed by atoms with E-state index in [9.17, 15) is 9.59 Å². The van der Waals surface area contributed by atoms with E-state index >= 15 is 0 Å². The third-order valence-electron chi connectivity index (χ3n) is 4.69. The van der Waals surface area contributed by atoms with E-state index in [2.05, 4.69) is 26.0 Å². The molecular formula is C19H18BClN6O2. The lowest BCUT2D eigenvalue weighted by Gasteiger charge is -2.13. The number of hydrogen-bond acceptors (Lipinski definition) is 5. The first-order chi connectivity index (χ1) is 14.0. The van der Waals surface area contributed by atoms with E-state index in [4.69, 9.17) is 19.4 Å². The van der Waals surface area contributed by atoms with Crippen LogP contribution >= 0.6 is 11.6 Å². The van der Waals surface area contributed by atoms with Gasteiger partial charge >= 0.3 is 0 Å². The minimum atomic E-state index is -0.451. The number of aromatic nitrogens is 3. The number of carbonyl (C=O) groups excluding carboxylic acids is 2. The molecule has 1 atom stereocenters. The van der Waals surface area contributed by atoms with E-state index in [1.165, 1.54) is 6.20 Å². The van der Waals surface area contributed by atoms with Crippen molar-refractivity contribution in [3.8, 4) is 11.3 Å². The summed E-state index contributed by atoms with van der Waals surface area (Å²) in [6.45, 7) is 0.834. The molecule has 1 aromatic carbocycles. The average Bonchev–Trinajstić information content (AvgIpc) is 3.31. The summed E-state index contributed by atoms with van der Waals surface area (Å²) >= 11 is 6.32. The van der Waals surface area contributed by atoms with Crippen molar-refractivity contribution in [3.05, 3.63) is 41.6 Å². The van der Waals surface area contributed by atoms with Crippen molar-refractivity contribution in [1.29, 1.82) is 0 Å². The fourth-order valence-electron chi connectivity index (χ4n) is 3.22. The number of benzene rings is 1. The molecule has 2 aromatic heterocycles. The lowest BCUT2D eigenvalue weighted by atomic mass is 10.0. The Labute approximate surface area is 173 Å². The average molecular weight is 409 g/mol. The monoisotopic (exact) mass is 408 g/mol. The van der Waals surface area contributed by atoms with Crippen molar-refractivity contribution in [2.75, 3.05) is 18.4 Å². The second-order valence-corrected chi connectivity index (χ2v) is 7.13. The number of carbonyl (C=O) groups is 2. The lowest BCUT2D eigenvalue weighted by molar-refractivity contribution is -0.125. The molecule has 1 fully saturated rings. The highest BCUT2D eigenvalue weighted by atomic mass is 35.5. The quantitative estimate of drug-likeness (QED) is 0.411. The van der Waals surface area contributed by atoms with Gasteiger partial charge in [0, 0.05) is 42.4 Å².